The van der Waals surface area contributed by atoms with Gasteiger partial charge in [0.25, 0.3) is 17.7 Å². The highest BCUT2D eigenvalue weighted by molar-refractivity contribution is 6.22. The standard InChI is InChI=1S/C23H25N3O5/c1-15-5-3-6-17(13-15)25(11-9-20(24)27)21(28)16-7-8-18-19(14-16)23(30)26(22(18)29)10-4-12-31-2/h3,5-8,13-14H,4,9-12H2,1-2H3,(H2,24,27). The molecule has 2 N–H and O–H groups in total. The van der Waals surface area contributed by atoms with Crippen molar-refractivity contribution in [2.75, 3.05) is 31.7 Å². The van der Waals surface area contributed by atoms with Crippen LogP contribution in [-0.2, 0) is 9.53 Å². The van der Waals surface area contributed by atoms with Crippen molar-refractivity contribution in [2.45, 2.75) is 19.8 Å². The Morgan fingerprint density at radius 1 is 1.06 bits per heavy atom. The predicted octanol–water partition coefficient (Wildman–Crippen LogP) is 2.15. The first-order valence-corrected chi connectivity index (χ1v) is 9.99. The summed E-state index contributed by atoms with van der Waals surface area (Å²) >= 11 is 0. The molecule has 31 heavy (non-hydrogen) atoms. The minimum atomic E-state index is -0.521. The van der Waals surface area contributed by atoms with E-state index in [-0.39, 0.29) is 48.0 Å². The van der Waals surface area contributed by atoms with Gasteiger partial charge < -0.3 is 15.4 Å². The first kappa shape index (κ1) is 22.2. The lowest BCUT2D eigenvalue weighted by Gasteiger charge is -2.23. The molecule has 162 valence electrons. The minimum Gasteiger partial charge on any atom is -0.385 e. The van der Waals surface area contributed by atoms with Crippen LogP contribution in [0.15, 0.2) is 42.5 Å². The molecule has 0 bridgehead atoms. The number of rotatable bonds is 9. The van der Waals surface area contributed by atoms with Crippen molar-refractivity contribution in [3.8, 4) is 0 Å². The smallest absolute Gasteiger partial charge is 0.261 e. The van der Waals surface area contributed by atoms with Crippen LogP contribution in [0.4, 0.5) is 5.69 Å². The van der Waals surface area contributed by atoms with E-state index in [2.05, 4.69) is 0 Å². The third kappa shape index (κ3) is 4.80. The van der Waals surface area contributed by atoms with E-state index in [1.165, 1.54) is 28.0 Å². The normalized spacial score (nSPS) is 12.8. The summed E-state index contributed by atoms with van der Waals surface area (Å²) in [4.78, 5) is 52.6. The zero-order valence-electron chi connectivity index (χ0n) is 17.6. The molecule has 0 saturated carbocycles. The number of methoxy groups -OCH3 is 1. The second-order valence-corrected chi connectivity index (χ2v) is 7.38. The van der Waals surface area contributed by atoms with Crippen LogP contribution in [0, 0.1) is 6.92 Å². The molecule has 1 aliphatic rings. The molecule has 0 saturated heterocycles. The van der Waals surface area contributed by atoms with Crippen LogP contribution in [-0.4, -0.2) is 55.3 Å². The number of nitrogens with zero attached hydrogens (tertiary/aromatic N) is 2. The van der Waals surface area contributed by atoms with Gasteiger partial charge in [0.2, 0.25) is 5.91 Å². The van der Waals surface area contributed by atoms with E-state index >= 15 is 0 Å². The molecule has 0 aliphatic carbocycles. The van der Waals surface area contributed by atoms with Crippen molar-refractivity contribution in [1.82, 2.24) is 4.90 Å². The molecule has 1 aliphatic heterocycles. The lowest BCUT2D eigenvalue weighted by atomic mass is 10.0. The van der Waals surface area contributed by atoms with E-state index in [1.54, 1.807) is 13.2 Å². The average Bonchev–Trinajstić information content (AvgIpc) is 2.98. The van der Waals surface area contributed by atoms with E-state index in [0.717, 1.165) is 5.56 Å². The number of primary amides is 1. The Bertz CT molecular complexity index is 1030. The van der Waals surface area contributed by atoms with Gasteiger partial charge in [0.15, 0.2) is 0 Å². The van der Waals surface area contributed by atoms with Crippen LogP contribution in [0.25, 0.3) is 0 Å². The second-order valence-electron chi connectivity index (χ2n) is 7.38. The number of imide groups is 1. The van der Waals surface area contributed by atoms with Crippen molar-refractivity contribution in [3.05, 3.63) is 64.7 Å². The van der Waals surface area contributed by atoms with E-state index < -0.39 is 11.8 Å². The molecular weight excluding hydrogens is 398 g/mol. The van der Waals surface area contributed by atoms with Gasteiger partial charge in [0, 0.05) is 44.5 Å². The molecule has 8 nitrogen and oxygen atoms in total. The number of hydrogen-bond acceptors (Lipinski definition) is 5. The molecule has 2 aromatic carbocycles. The molecule has 4 amide bonds. The molecule has 0 aromatic heterocycles. The molecule has 8 heteroatoms. The minimum absolute atomic E-state index is 0.00465. The van der Waals surface area contributed by atoms with Crippen molar-refractivity contribution in [2.24, 2.45) is 5.73 Å². The van der Waals surface area contributed by atoms with E-state index in [4.69, 9.17) is 10.5 Å². The maximum absolute atomic E-state index is 13.3. The average molecular weight is 423 g/mol. The van der Waals surface area contributed by atoms with Crippen molar-refractivity contribution >= 4 is 29.3 Å². The van der Waals surface area contributed by atoms with Crippen molar-refractivity contribution in [3.63, 3.8) is 0 Å². The molecule has 0 spiro atoms. The number of aryl methyl sites for hydroxylation is 1. The van der Waals surface area contributed by atoms with E-state index in [1.807, 2.05) is 25.1 Å². The maximum Gasteiger partial charge on any atom is 0.261 e. The Kier molecular flexibility index (Phi) is 6.81. The van der Waals surface area contributed by atoms with Crippen LogP contribution in [0.1, 0.15) is 49.5 Å². The maximum atomic E-state index is 13.3. The van der Waals surface area contributed by atoms with Crippen LogP contribution < -0.4 is 10.6 Å². The van der Waals surface area contributed by atoms with Gasteiger partial charge in [-0.2, -0.15) is 0 Å². The molecule has 2 aromatic rings. The number of fused-ring (bicyclic) bond motifs is 1. The quantitative estimate of drug-likeness (QED) is 0.491. The summed E-state index contributed by atoms with van der Waals surface area (Å²) in [5, 5.41) is 0. The molecule has 3 rings (SSSR count). The number of hydrogen-bond donors (Lipinski definition) is 1. The lowest BCUT2D eigenvalue weighted by molar-refractivity contribution is -0.117. The van der Waals surface area contributed by atoms with Crippen LogP contribution in [0.2, 0.25) is 0 Å². The topological polar surface area (TPSA) is 110 Å². The second kappa shape index (κ2) is 9.53. The predicted molar refractivity (Wildman–Crippen MR) is 115 cm³/mol. The van der Waals surface area contributed by atoms with Gasteiger partial charge in [-0.05, 0) is 49.2 Å². The van der Waals surface area contributed by atoms with Crippen LogP contribution >= 0.6 is 0 Å². The van der Waals surface area contributed by atoms with Gasteiger partial charge in [0.1, 0.15) is 0 Å². The lowest BCUT2D eigenvalue weighted by Crippen LogP contribution is -2.34. The van der Waals surface area contributed by atoms with Gasteiger partial charge >= 0.3 is 0 Å². The molecular formula is C23H25N3O5. The Hall–Kier alpha value is -3.52. The highest BCUT2D eigenvalue weighted by Crippen LogP contribution is 2.26. The summed E-state index contributed by atoms with van der Waals surface area (Å²) in [5.41, 5.74) is 7.59. The van der Waals surface area contributed by atoms with Gasteiger partial charge in [-0.1, -0.05) is 12.1 Å². The fraction of sp³-hybridized carbons (Fsp3) is 0.304. The van der Waals surface area contributed by atoms with Crippen LogP contribution in [0.3, 0.4) is 0 Å². The van der Waals surface area contributed by atoms with Crippen molar-refractivity contribution < 1.29 is 23.9 Å². The Morgan fingerprint density at radius 3 is 2.48 bits per heavy atom. The first-order chi connectivity index (χ1) is 14.8. The number of carbonyl (C=O) groups excluding carboxylic acids is 4. The Balaban J connectivity index is 1.90. The molecule has 0 fully saturated rings. The van der Waals surface area contributed by atoms with E-state index in [0.29, 0.717) is 18.7 Å². The first-order valence-electron chi connectivity index (χ1n) is 9.99. The highest BCUT2D eigenvalue weighted by Gasteiger charge is 2.36. The van der Waals surface area contributed by atoms with Gasteiger partial charge in [-0.25, -0.2) is 0 Å². The summed E-state index contributed by atoms with van der Waals surface area (Å²) in [6, 6.07) is 11.8. The number of carbonyl (C=O) groups is 4. The zero-order valence-corrected chi connectivity index (χ0v) is 17.6. The van der Waals surface area contributed by atoms with E-state index in [9.17, 15) is 19.2 Å². The SMILES string of the molecule is COCCCN1C(=O)c2ccc(C(=O)N(CCC(N)=O)c3cccc(C)c3)cc2C1=O. The monoisotopic (exact) mass is 423 g/mol. The summed E-state index contributed by atoms with van der Waals surface area (Å²) in [6.07, 6.45) is 0.525. The third-order valence-corrected chi connectivity index (χ3v) is 5.09. The molecule has 0 unspecified atom stereocenters. The van der Waals surface area contributed by atoms with Gasteiger partial charge in [-0.3, -0.25) is 24.1 Å². The summed E-state index contributed by atoms with van der Waals surface area (Å²) < 4.78 is 4.98. The number of benzene rings is 2. The highest BCUT2D eigenvalue weighted by atomic mass is 16.5. The van der Waals surface area contributed by atoms with Gasteiger partial charge in [0.05, 0.1) is 11.1 Å². The molecule has 1 heterocycles. The largest absolute Gasteiger partial charge is 0.385 e. The van der Waals surface area contributed by atoms with Crippen molar-refractivity contribution in [1.29, 1.82) is 0 Å². The molecule has 0 radical (unpaired) electrons. The number of nitrogens with two attached hydrogens (primary N) is 1. The third-order valence-electron chi connectivity index (χ3n) is 5.09. The summed E-state index contributed by atoms with van der Waals surface area (Å²) in [5.74, 6) is -1.70. The van der Waals surface area contributed by atoms with Crippen LogP contribution in [0.5, 0.6) is 0 Å². The Labute approximate surface area is 180 Å². The summed E-state index contributed by atoms with van der Waals surface area (Å²) in [7, 11) is 1.55. The van der Waals surface area contributed by atoms with Gasteiger partial charge in [-0.15, -0.1) is 0 Å². The summed E-state index contributed by atoms with van der Waals surface area (Å²) in [6.45, 7) is 2.68. The number of ether oxygens (including phenoxy) is 1. The fourth-order valence-corrected chi connectivity index (χ4v) is 3.52. The number of anilines is 1. The number of amides is 4. The Morgan fingerprint density at radius 2 is 1.81 bits per heavy atom. The zero-order chi connectivity index (χ0) is 22.5. The fourth-order valence-electron chi connectivity index (χ4n) is 3.52. The molecule has 0 atom stereocenters.